The Morgan fingerprint density at radius 2 is 1.90 bits per heavy atom. The van der Waals surface area contributed by atoms with Crippen molar-refractivity contribution in [2.75, 3.05) is 0 Å². The van der Waals surface area contributed by atoms with Crippen LogP contribution in [0.1, 0.15) is 5.56 Å². The zero-order chi connectivity index (χ0) is 7.40. The Labute approximate surface area is 62.8 Å². The molecule has 0 unspecified atom stereocenters. The van der Waals surface area contributed by atoms with E-state index in [1.165, 1.54) is 11.0 Å². The number of benzene rings is 1. The molecule has 0 aliphatic carbocycles. The fourth-order valence-electron chi connectivity index (χ4n) is 0.825. The van der Waals surface area contributed by atoms with Crippen LogP contribution in [0, 0.1) is 0 Å². The third-order valence-corrected chi connectivity index (χ3v) is 1.51. The van der Waals surface area contributed by atoms with Crippen molar-refractivity contribution in [3.63, 3.8) is 0 Å². The maximum Gasteiger partial charge on any atom is 0.148 e. The van der Waals surface area contributed by atoms with E-state index in [1.807, 2.05) is 12.9 Å². The van der Waals surface area contributed by atoms with Gasteiger partial charge in [0.2, 0.25) is 0 Å². The second-order valence-corrected chi connectivity index (χ2v) is 2.16. The third kappa shape index (κ3) is 1.50. The van der Waals surface area contributed by atoms with Crippen molar-refractivity contribution < 1.29 is 0 Å². The maximum atomic E-state index is 3.68. The molecule has 1 aromatic rings. The first-order chi connectivity index (χ1) is 4.86. The molecule has 0 amide bonds. The van der Waals surface area contributed by atoms with E-state index in [0.717, 1.165) is 0 Å². The van der Waals surface area contributed by atoms with Gasteiger partial charge in [-0.15, -0.1) is 0 Å². The van der Waals surface area contributed by atoms with Gasteiger partial charge in [-0.3, -0.25) is 0 Å². The van der Waals surface area contributed by atoms with Crippen molar-refractivity contribution in [2.24, 2.45) is 0 Å². The highest BCUT2D eigenvalue weighted by Gasteiger charge is 1.87. The van der Waals surface area contributed by atoms with E-state index >= 15 is 0 Å². The molecule has 0 heterocycles. The van der Waals surface area contributed by atoms with Gasteiger partial charge in [0.1, 0.15) is 7.28 Å². The van der Waals surface area contributed by atoms with Gasteiger partial charge in [-0.2, -0.15) is 0 Å². The van der Waals surface area contributed by atoms with E-state index in [-0.39, 0.29) is 0 Å². The molecule has 0 atom stereocenters. The first-order valence-electron chi connectivity index (χ1n) is 3.38. The maximum absolute atomic E-state index is 3.68. The van der Waals surface area contributed by atoms with Gasteiger partial charge in [0.05, 0.1) is 0 Å². The van der Waals surface area contributed by atoms with E-state index in [1.54, 1.807) is 0 Å². The minimum atomic E-state index is 1.17. The summed E-state index contributed by atoms with van der Waals surface area (Å²) in [6.45, 7) is 5.71. The summed E-state index contributed by atoms with van der Waals surface area (Å²) in [6, 6.07) is 8.28. The number of hydrogen-bond acceptors (Lipinski definition) is 0. The molecule has 1 rings (SSSR count). The van der Waals surface area contributed by atoms with Crippen molar-refractivity contribution >= 4 is 18.8 Å². The van der Waals surface area contributed by atoms with Crippen LogP contribution in [0.2, 0.25) is 6.82 Å². The molecule has 10 heavy (non-hydrogen) atoms. The summed E-state index contributed by atoms with van der Waals surface area (Å²) in [5, 5.41) is 0. The summed E-state index contributed by atoms with van der Waals surface area (Å²) in [5.74, 6) is 0. The highest BCUT2D eigenvalue weighted by atomic mass is 13.9. The molecule has 1 radical (unpaired) electrons. The predicted molar refractivity (Wildman–Crippen MR) is 47.8 cm³/mol. The van der Waals surface area contributed by atoms with Gasteiger partial charge in [0.15, 0.2) is 0 Å². The Morgan fingerprint density at radius 3 is 2.30 bits per heavy atom. The first kappa shape index (κ1) is 7.14. The normalized spacial score (nSPS) is 8.90. The summed E-state index contributed by atoms with van der Waals surface area (Å²) in [4.78, 5) is 0. The van der Waals surface area contributed by atoms with Crippen LogP contribution in [0.5, 0.6) is 0 Å². The molecule has 49 valence electrons. The SMILES string of the molecule is C=Cc1ccc([B]C)cc1. The fraction of sp³-hybridized carbons (Fsp3) is 0.111. The van der Waals surface area contributed by atoms with Crippen LogP contribution < -0.4 is 5.46 Å². The van der Waals surface area contributed by atoms with Gasteiger partial charge in [0.25, 0.3) is 0 Å². The standard InChI is InChI=1S/C9H10B/c1-3-8-4-6-9(10-2)7-5-8/h3-7H,1H2,2H3. The van der Waals surface area contributed by atoms with E-state index in [4.69, 9.17) is 0 Å². The lowest BCUT2D eigenvalue weighted by atomic mass is 9.73. The van der Waals surface area contributed by atoms with Crippen molar-refractivity contribution in [1.82, 2.24) is 0 Å². The number of hydrogen-bond donors (Lipinski definition) is 0. The minimum Gasteiger partial charge on any atom is -0.0985 e. The molecule has 0 bridgehead atoms. The van der Waals surface area contributed by atoms with Crippen molar-refractivity contribution in [3.8, 4) is 0 Å². The topological polar surface area (TPSA) is 0 Å². The molecule has 0 nitrogen and oxygen atoms in total. The molecule has 0 N–H and O–H groups in total. The van der Waals surface area contributed by atoms with Crippen molar-refractivity contribution in [2.45, 2.75) is 6.82 Å². The van der Waals surface area contributed by atoms with Crippen LogP contribution >= 0.6 is 0 Å². The van der Waals surface area contributed by atoms with Crippen molar-refractivity contribution in [3.05, 3.63) is 36.4 Å². The molecule has 0 saturated heterocycles. The summed E-state index contributed by atoms with van der Waals surface area (Å²) in [7, 11) is 2.08. The Bertz CT molecular complexity index is 211. The van der Waals surface area contributed by atoms with E-state index in [2.05, 4.69) is 38.1 Å². The Morgan fingerprint density at radius 1 is 1.30 bits per heavy atom. The van der Waals surface area contributed by atoms with Crippen LogP contribution in [0.25, 0.3) is 6.08 Å². The van der Waals surface area contributed by atoms with Crippen LogP contribution in [-0.2, 0) is 0 Å². The molecule has 0 aliphatic rings. The monoisotopic (exact) mass is 129 g/mol. The van der Waals surface area contributed by atoms with E-state index in [0.29, 0.717) is 0 Å². The van der Waals surface area contributed by atoms with Crippen LogP contribution in [-0.4, -0.2) is 7.28 Å². The Balaban J connectivity index is 2.90. The molecular weight excluding hydrogens is 119 g/mol. The average Bonchev–Trinajstić information content (AvgIpc) is 2.05. The highest BCUT2D eigenvalue weighted by Crippen LogP contribution is 1.96. The van der Waals surface area contributed by atoms with Crippen LogP contribution in [0.15, 0.2) is 30.8 Å². The average molecular weight is 129 g/mol. The van der Waals surface area contributed by atoms with Gasteiger partial charge in [-0.1, -0.05) is 49.2 Å². The predicted octanol–water partition coefficient (Wildman–Crippen LogP) is 1.71. The lowest BCUT2D eigenvalue weighted by molar-refractivity contribution is 1.70. The lowest BCUT2D eigenvalue weighted by Gasteiger charge is -1.94. The summed E-state index contributed by atoms with van der Waals surface area (Å²) in [6.07, 6.45) is 1.85. The molecule has 0 saturated carbocycles. The van der Waals surface area contributed by atoms with Gasteiger partial charge < -0.3 is 0 Å². The molecule has 0 spiro atoms. The van der Waals surface area contributed by atoms with Gasteiger partial charge >= 0.3 is 0 Å². The molecule has 0 aromatic heterocycles. The van der Waals surface area contributed by atoms with Gasteiger partial charge in [0, 0.05) is 0 Å². The third-order valence-electron chi connectivity index (χ3n) is 1.51. The summed E-state index contributed by atoms with van der Waals surface area (Å²) in [5.41, 5.74) is 2.43. The van der Waals surface area contributed by atoms with E-state index in [9.17, 15) is 0 Å². The second-order valence-electron chi connectivity index (χ2n) is 2.16. The van der Waals surface area contributed by atoms with Crippen LogP contribution in [0.3, 0.4) is 0 Å². The molecular formula is C9H10B. The smallest absolute Gasteiger partial charge is 0.0985 e. The molecule has 0 aliphatic heterocycles. The number of rotatable bonds is 2. The van der Waals surface area contributed by atoms with E-state index < -0.39 is 0 Å². The minimum absolute atomic E-state index is 1.17. The summed E-state index contributed by atoms with van der Waals surface area (Å²) < 4.78 is 0. The Hall–Kier alpha value is -0.975. The summed E-state index contributed by atoms with van der Waals surface area (Å²) >= 11 is 0. The van der Waals surface area contributed by atoms with Crippen molar-refractivity contribution in [1.29, 1.82) is 0 Å². The van der Waals surface area contributed by atoms with Crippen LogP contribution in [0.4, 0.5) is 0 Å². The lowest BCUT2D eigenvalue weighted by Crippen LogP contribution is -2.08. The fourth-order valence-corrected chi connectivity index (χ4v) is 0.825. The largest absolute Gasteiger partial charge is 0.148 e. The molecule has 0 fully saturated rings. The zero-order valence-electron chi connectivity index (χ0n) is 6.17. The van der Waals surface area contributed by atoms with Gasteiger partial charge in [-0.25, -0.2) is 0 Å². The zero-order valence-corrected chi connectivity index (χ0v) is 6.17. The molecule has 1 aromatic carbocycles. The van der Waals surface area contributed by atoms with Gasteiger partial charge in [-0.05, 0) is 5.56 Å². The first-order valence-corrected chi connectivity index (χ1v) is 3.38. The molecule has 1 heteroatoms. The Kier molecular flexibility index (Phi) is 2.32. The quantitative estimate of drug-likeness (QED) is 0.533. The highest BCUT2D eigenvalue weighted by molar-refractivity contribution is 6.51. The second kappa shape index (κ2) is 3.26.